The Labute approximate surface area is 404 Å². The predicted octanol–water partition coefficient (Wildman–Crippen LogP) is 20.4. The maximum atomic E-state index is 2.58. The standard InChI is InChI=1S/C67H46P2/c1-3-20-43(21-4-1)68-59-36-11-8-25-52(59)65-47(31-18-38-61(65)68)45-27-15-29-49-55(45)42-56-46(48-32-19-39-62-66(48)53-26-9-12-37-60(53)69(62)44-22-5-2-6-23-44)28-16-30-50(56)63(49)54-33-17-35-58-64(54)51-24-7-10-34-57(51)67(58)40-13-14-41-67/h1-12,15-39,42H,13-14,40-41H2. The fourth-order valence-electron chi connectivity index (χ4n) is 13.4. The van der Waals surface area contributed by atoms with Gasteiger partial charge < -0.3 is 0 Å². The van der Waals surface area contributed by atoms with E-state index in [9.17, 15) is 0 Å². The number of rotatable bonds is 5. The molecule has 11 aromatic carbocycles. The first-order valence-electron chi connectivity index (χ1n) is 24.6. The molecular formula is C67H46P2. The first-order valence-corrected chi connectivity index (χ1v) is 27.3. The Morgan fingerprint density at radius 2 is 0.681 bits per heavy atom. The van der Waals surface area contributed by atoms with Crippen molar-refractivity contribution in [2.45, 2.75) is 31.1 Å². The number of hydrogen-bond acceptors (Lipinski definition) is 0. The molecule has 15 rings (SSSR count). The predicted molar refractivity (Wildman–Crippen MR) is 301 cm³/mol. The van der Waals surface area contributed by atoms with Crippen molar-refractivity contribution in [2.75, 3.05) is 0 Å². The number of fused-ring (bicyclic) bond motifs is 13. The van der Waals surface area contributed by atoms with Crippen molar-refractivity contribution in [3.8, 4) is 55.1 Å². The van der Waals surface area contributed by atoms with Crippen LogP contribution >= 0.6 is 15.1 Å². The SMILES string of the molecule is c1ccc(-p2c3ccccc3c3c(-c4cccc5c(-c6cccc7c6-c6ccccc6C76CCCC6)c6cccc(-c7cccc8c7c7ccccc7p8-c7ccccc7)c6cc45)cccc32)cc1. The number of hydrogen-bond donors (Lipinski definition) is 0. The van der Waals surface area contributed by atoms with Crippen LogP contribution in [0.1, 0.15) is 36.8 Å². The van der Waals surface area contributed by atoms with Gasteiger partial charge in [0.15, 0.2) is 0 Å². The van der Waals surface area contributed by atoms with Crippen LogP contribution in [0.4, 0.5) is 0 Å². The van der Waals surface area contributed by atoms with Crippen LogP contribution in [0.15, 0.2) is 231 Å². The van der Waals surface area contributed by atoms with Gasteiger partial charge in [-0.15, -0.1) is 0 Å². The number of benzene rings is 11. The minimum absolute atomic E-state index is 0.0723. The van der Waals surface area contributed by atoms with Crippen molar-refractivity contribution in [1.29, 1.82) is 0 Å². The molecule has 2 heterocycles. The van der Waals surface area contributed by atoms with E-state index < -0.39 is 15.1 Å². The van der Waals surface area contributed by atoms with Gasteiger partial charge in [0.05, 0.1) is 0 Å². The highest BCUT2D eigenvalue weighted by Gasteiger charge is 2.45. The molecule has 0 saturated heterocycles. The summed E-state index contributed by atoms with van der Waals surface area (Å²) in [6, 6.07) is 88.7. The van der Waals surface area contributed by atoms with E-state index in [1.165, 1.54) is 155 Å². The lowest BCUT2D eigenvalue weighted by molar-refractivity contribution is 0.550. The summed E-state index contributed by atoms with van der Waals surface area (Å²) in [7, 11) is -1.41. The molecule has 1 spiro atoms. The Morgan fingerprint density at radius 1 is 0.275 bits per heavy atom. The maximum absolute atomic E-state index is 2.58. The zero-order valence-corrected chi connectivity index (χ0v) is 40.0. The van der Waals surface area contributed by atoms with Crippen molar-refractivity contribution >= 4 is 78.6 Å². The van der Waals surface area contributed by atoms with Crippen LogP contribution in [0.3, 0.4) is 0 Å². The zero-order chi connectivity index (χ0) is 45.2. The second kappa shape index (κ2) is 15.3. The molecule has 0 radical (unpaired) electrons. The molecule has 2 aromatic heterocycles. The smallest absolute Gasteiger partial charge is 0.0215 e. The highest BCUT2D eigenvalue weighted by atomic mass is 31.1. The largest absolute Gasteiger partial charge is 0.0772 e. The molecule has 0 bridgehead atoms. The van der Waals surface area contributed by atoms with Crippen LogP contribution in [0.2, 0.25) is 0 Å². The van der Waals surface area contributed by atoms with Crippen molar-refractivity contribution in [3.05, 3.63) is 242 Å². The van der Waals surface area contributed by atoms with Gasteiger partial charge in [-0.3, -0.25) is 0 Å². The van der Waals surface area contributed by atoms with Crippen molar-refractivity contribution in [1.82, 2.24) is 0 Å². The molecule has 69 heavy (non-hydrogen) atoms. The molecule has 1 fully saturated rings. The van der Waals surface area contributed by atoms with E-state index in [0.717, 1.165) is 0 Å². The molecule has 0 N–H and O–H groups in total. The van der Waals surface area contributed by atoms with Crippen LogP contribution in [0.5, 0.6) is 0 Å². The lowest BCUT2D eigenvalue weighted by atomic mass is 9.76. The summed E-state index contributed by atoms with van der Waals surface area (Å²) in [5.41, 5.74) is 13.9. The van der Waals surface area contributed by atoms with E-state index in [-0.39, 0.29) is 5.41 Å². The van der Waals surface area contributed by atoms with E-state index in [1.54, 1.807) is 0 Å². The Hall–Kier alpha value is -7.46. The third kappa shape index (κ3) is 5.60. The topological polar surface area (TPSA) is 0 Å². The average molecular weight is 913 g/mol. The first kappa shape index (κ1) is 39.5. The fourth-order valence-corrected chi connectivity index (χ4v) is 18.7. The van der Waals surface area contributed by atoms with E-state index >= 15 is 0 Å². The Morgan fingerprint density at radius 3 is 1.26 bits per heavy atom. The summed E-state index contributed by atoms with van der Waals surface area (Å²) >= 11 is 0. The quantitative estimate of drug-likeness (QED) is 0.151. The van der Waals surface area contributed by atoms with E-state index in [2.05, 4.69) is 231 Å². The Kier molecular flexibility index (Phi) is 8.75. The second-order valence-electron chi connectivity index (χ2n) is 19.4. The van der Waals surface area contributed by atoms with Gasteiger partial charge in [-0.25, -0.2) is 0 Å². The molecule has 2 heteroatoms. The van der Waals surface area contributed by atoms with Gasteiger partial charge in [0, 0.05) is 36.7 Å². The Bertz CT molecular complexity index is 4020. The summed E-state index contributed by atoms with van der Waals surface area (Å²) in [5.74, 6) is 0. The van der Waals surface area contributed by atoms with Gasteiger partial charge in [0.25, 0.3) is 0 Å². The molecule has 2 aliphatic carbocycles. The highest BCUT2D eigenvalue weighted by Crippen LogP contribution is 2.62. The highest BCUT2D eigenvalue weighted by molar-refractivity contribution is 7.68. The summed E-state index contributed by atoms with van der Waals surface area (Å²) in [4.78, 5) is 0. The zero-order valence-electron chi connectivity index (χ0n) is 38.2. The van der Waals surface area contributed by atoms with Crippen LogP contribution in [0.25, 0.3) is 119 Å². The third-order valence-corrected chi connectivity index (χ3v) is 21.1. The lowest BCUT2D eigenvalue weighted by Crippen LogP contribution is -2.20. The van der Waals surface area contributed by atoms with Gasteiger partial charge >= 0.3 is 0 Å². The van der Waals surface area contributed by atoms with E-state index in [0.29, 0.717) is 0 Å². The average Bonchev–Trinajstić information content (AvgIpc) is 4.19. The van der Waals surface area contributed by atoms with E-state index in [1.807, 2.05) is 0 Å². The summed E-state index contributed by atoms with van der Waals surface area (Å²) in [6.07, 6.45) is 4.97. The van der Waals surface area contributed by atoms with Crippen molar-refractivity contribution in [3.63, 3.8) is 0 Å². The van der Waals surface area contributed by atoms with Gasteiger partial charge in [-0.2, -0.15) is 0 Å². The summed E-state index contributed by atoms with van der Waals surface area (Å²) < 4.78 is 0. The Balaban J connectivity index is 1.09. The van der Waals surface area contributed by atoms with Crippen LogP contribution in [-0.2, 0) is 5.41 Å². The monoisotopic (exact) mass is 912 g/mol. The van der Waals surface area contributed by atoms with E-state index in [4.69, 9.17) is 0 Å². The maximum Gasteiger partial charge on any atom is 0.0215 e. The third-order valence-electron chi connectivity index (χ3n) is 16.1. The van der Waals surface area contributed by atoms with Crippen LogP contribution in [0, 0.1) is 0 Å². The summed E-state index contributed by atoms with van der Waals surface area (Å²) in [6.45, 7) is 0. The van der Waals surface area contributed by atoms with Crippen LogP contribution < -0.4 is 0 Å². The van der Waals surface area contributed by atoms with Crippen molar-refractivity contribution in [2.24, 2.45) is 0 Å². The fraction of sp³-hybridized carbons (Fsp3) is 0.0746. The summed E-state index contributed by atoms with van der Waals surface area (Å²) in [5, 5.41) is 19.3. The second-order valence-corrected chi connectivity index (χ2v) is 23.7. The van der Waals surface area contributed by atoms with Crippen molar-refractivity contribution < 1.29 is 0 Å². The van der Waals surface area contributed by atoms with Gasteiger partial charge in [-0.05, 0) is 130 Å². The molecule has 0 nitrogen and oxygen atoms in total. The molecule has 13 aromatic rings. The molecule has 2 aliphatic rings. The molecule has 0 amide bonds. The van der Waals surface area contributed by atoms with Gasteiger partial charge in [0.2, 0.25) is 0 Å². The molecule has 324 valence electrons. The molecule has 2 unspecified atom stereocenters. The normalized spacial score (nSPS) is 14.5. The minimum Gasteiger partial charge on any atom is -0.0772 e. The van der Waals surface area contributed by atoms with Gasteiger partial charge in [0.1, 0.15) is 0 Å². The molecule has 0 aliphatic heterocycles. The molecule has 1 saturated carbocycles. The first-order chi connectivity index (χ1) is 34.3. The molecule has 2 atom stereocenters. The molecular weight excluding hydrogens is 867 g/mol. The lowest BCUT2D eigenvalue weighted by Gasteiger charge is -2.27. The van der Waals surface area contributed by atoms with Gasteiger partial charge in [-0.1, -0.05) is 240 Å². The van der Waals surface area contributed by atoms with Crippen LogP contribution in [-0.4, -0.2) is 0 Å². The minimum atomic E-state index is -0.707.